The number of ketones is 1. The first-order valence-electron chi connectivity index (χ1n) is 7.25. The van der Waals surface area contributed by atoms with Crippen LogP contribution in [-0.2, 0) is 13.0 Å². The molecule has 0 aliphatic heterocycles. The van der Waals surface area contributed by atoms with Gasteiger partial charge in [-0.05, 0) is 36.6 Å². The fourth-order valence-corrected chi connectivity index (χ4v) is 2.42. The topological polar surface area (TPSA) is 65.2 Å². The Balaban J connectivity index is 1.69. The molecule has 0 saturated heterocycles. The van der Waals surface area contributed by atoms with Crippen molar-refractivity contribution in [2.24, 2.45) is 0 Å². The molecule has 0 N–H and O–H groups in total. The number of carbonyl (C=O) groups excluding carboxylic acids is 1. The van der Waals surface area contributed by atoms with Crippen molar-refractivity contribution in [3.63, 3.8) is 0 Å². The van der Waals surface area contributed by atoms with Crippen LogP contribution in [0.1, 0.15) is 60.2 Å². The first-order valence-corrected chi connectivity index (χ1v) is 7.25. The van der Waals surface area contributed by atoms with E-state index in [1.54, 1.807) is 0 Å². The molecule has 1 heterocycles. The van der Waals surface area contributed by atoms with Crippen LogP contribution >= 0.6 is 0 Å². The first-order chi connectivity index (χ1) is 10.1. The van der Waals surface area contributed by atoms with E-state index >= 15 is 0 Å². The van der Waals surface area contributed by atoms with Gasteiger partial charge in [-0.3, -0.25) is 4.79 Å². The first kappa shape index (κ1) is 13.8. The van der Waals surface area contributed by atoms with Crippen LogP contribution < -0.4 is 4.74 Å². The van der Waals surface area contributed by atoms with Crippen LogP contribution in [0.4, 0.5) is 0 Å². The number of hydrogen-bond donors (Lipinski definition) is 0. The highest BCUT2D eigenvalue weighted by atomic mass is 16.5. The Morgan fingerprint density at radius 1 is 1.33 bits per heavy atom. The molecule has 0 amide bonds. The van der Waals surface area contributed by atoms with E-state index in [2.05, 4.69) is 10.1 Å². The third-order valence-corrected chi connectivity index (χ3v) is 3.57. The molecule has 2 aromatic rings. The summed E-state index contributed by atoms with van der Waals surface area (Å²) in [5, 5.41) is 3.89. The molecular formula is C16H18N2O3. The van der Waals surface area contributed by atoms with E-state index in [-0.39, 0.29) is 18.3 Å². The maximum absolute atomic E-state index is 11.8. The number of aromatic nitrogens is 2. The van der Waals surface area contributed by atoms with E-state index in [4.69, 9.17) is 9.26 Å². The van der Waals surface area contributed by atoms with Crippen LogP contribution in [0.3, 0.4) is 0 Å². The molecule has 0 unspecified atom stereocenters. The van der Waals surface area contributed by atoms with Crippen molar-refractivity contribution < 1.29 is 14.1 Å². The second-order valence-electron chi connectivity index (χ2n) is 5.59. The summed E-state index contributed by atoms with van der Waals surface area (Å²) in [6.07, 6.45) is 2.49. The molecule has 1 aliphatic rings. The third-order valence-electron chi connectivity index (χ3n) is 3.57. The SMILES string of the molecule is CC(C)c1nc(COc2ccc3c(c2)CCCC3=O)no1. The van der Waals surface area contributed by atoms with E-state index in [0.29, 0.717) is 18.1 Å². The van der Waals surface area contributed by atoms with Crippen molar-refractivity contribution in [3.8, 4) is 5.75 Å². The molecule has 0 fully saturated rings. The van der Waals surface area contributed by atoms with Gasteiger partial charge >= 0.3 is 0 Å². The van der Waals surface area contributed by atoms with Crippen LogP contribution in [0.2, 0.25) is 0 Å². The quantitative estimate of drug-likeness (QED) is 0.862. The average molecular weight is 286 g/mol. The Morgan fingerprint density at radius 3 is 2.95 bits per heavy atom. The molecule has 0 bridgehead atoms. The van der Waals surface area contributed by atoms with Gasteiger partial charge in [0.05, 0.1) is 0 Å². The van der Waals surface area contributed by atoms with Gasteiger partial charge < -0.3 is 9.26 Å². The summed E-state index contributed by atoms with van der Waals surface area (Å²) in [5.41, 5.74) is 1.90. The van der Waals surface area contributed by atoms with Gasteiger partial charge in [-0.2, -0.15) is 4.98 Å². The molecule has 0 radical (unpaired) electrons. The van der Waals surface area contributed by atoms with Gasteiger partial charge in [0.15, 0.2) is 12.4 Å². The van der Waals surface area contributed by atoms with Gasteiger partial charge in [-0.1, -0.05) is 19.0 Å². The normalized spacial score (nSPS) is 14.3. The lowest BCUT2D eigenvalue weighted by Gasteiger charge is -2.15. The number of nitrogens with zero attached hydrogens (tertiary/aromatic N) is 2. The number of aryl methyl sites for hydroxylation is 1. The lowest BCUT2D eigenvalue weighted by atomic mass is 9.91. The van der Waals surface area contributed by atoms with Crippen molar-refractivity contribution in [1.29, 1.82) is 0 Å². The van der Waals surface area contributed by atoms with Crippen molar-refractivity contribution >= 4 is 5.78 Å². The Morgan fingerprint density at radius 2 is 2.19 bits per heavy atom. The fourth-order valence-electron chi connectivity index (χ4n) is 2.42. The van der Waals surface area contributed by atoms with E-state index in [9.17, 15) is 4.79 Å². The molecule has 5 nitrogen and oxygen atoms in total. The van der Waals surface area contributed by atoms with Crippen molar-refractivity contribution in [2.45, 2.75) is 45.6 Å². The maximum atomic E-state index is 11.8. The van der Waals surface area contributed by atoms with Gasteiger partial charge in [0.25, 0.3) is 0 Å². The van der Waals surface area contributed by atoms with Gasteiger partial charge in [-0.25, -0.2) is 0 Å². The zero-order valence-electron chi connectivity index (χ0n) is 12.3. The summed E-state index contributed by atoms with van der Waals surface area (Å²) < 4.78 is 10.8. The summed E-state index contributed by atoms with van der Waals surface area (Å²) in [4.78, 5) is 16.0. The summed E-state index contributed by atoms with van der Waals surface area (Å²) in [5.74, 6) is 2.32. The lowest BCUT2D eigenvalue weighted by molar-refractivity contribution is 0.0972. The zero-order chi connectivity index (χ0) is 14.8. The highest BCUT2D eigenvalue weighted by molar-refractivity contribution is 5.98. The molecule has 21 heavy (non-hydrogen) atoms. The predicted octanol–water partition coefficient (Wildman–Crippen LogP) is 3.29. The highest BCUT2D eigenvalue weighted by Crippen LogP contribution is 2.25. The Labute approximate surface area is 123 Å². The molecule has 1 aromatic heterocycles. The van der Waals surface area contributed by atoms with Gasteiger partial charge in [0.2, 0.25) is 11.7 Å². The van der Waals surface area contributed by atoms with Crippen molar-refractivity contribution in [2.75, 3.05) is 0 Å². The molecule has 1 aliphatic carbocycles. The lowest BCUT2D eigenvalue weighted by Crippen LogP contribution is -2.10. The minimum atomic E-state index is 0.209. The standard InChI is InChI=1S/C16H18N2O3/c1-10(2)16-17-15(18-21-16)9-20-12-6-7-13-11(8-12)4-3-5-14(13)19/h6-8,10H,3-5,9H2,1-2H3. The highest BCUT2D eigenvalue weighted by Gasteiger charge is 2.17. The number of hydrogen-bond acceptors (Lipinski definition) is 5. The third kappa shape index (κ3) is 2.96. The Hall–Kier alpha value is -2.17. The molecule has 0 saturated carbocycles. The van der Waals surface area contributed by atoms with Gasteiger partial charge in [0, 0.05) is 17.9 Å². The average Bonchev–Trinajstić information content (AvgIpc) is 2.94. The molecular weight excluding hydrogens is 268 g/mol. The summed E-state index contributed by atoms with van der Waals surface area (Å²) in [7, 11) is 0. The number of ether oxygens (including phenoxy) is 1. The number of benzene rings is 1. The monoisotopic (exact) mass is 286 g/mol. The van der Waals surface area contributed by atoms with E-state index < -0.39 is 0 Å². The number of carbonyl (C=O) groups is 1. The molecule has 3 rings (SSSR count). The number of fused-ring (bicyclic) bond motifs is 1. The smallest absolute Gasteiger partial charge is 0.229 e. The molecule has 5 heteroatoms. The van der Waals surface area contributed by atoms with Crippen molar-refractivity contribution in [1.82, 2.24) is 10.1 Å². The molecule has 0 atom stereocenters. The fraction of sp³-hybridized carbons (Fsp3) is 0.438. The number of rotatable bonds is 4. The molecule has 110 valence electrons. The zero-order valence-corrected chi connectivity index (χ0v) is 12.3. The maximum Gasteiger partial charge on any atom is 0.229 e. The predicted molar refractivity (Wildman–Crippen MR) is 76.4 cm³/mol. The summed E-state index contributed by atoms with van der Waals surface area (Å²) >= 11 is 0. The van der Waals surface area contributed by atoms with Gasteiger partial charge in [0.1, 0.15) is 5.75 Å². The van der Waals surface area contributed by atoms with Crippen LogP contribution in [0.5, 0.6) is 5.75 Å². The van der Waals surface area contributed by atoms with Gasteiger partial charge in [-0.15, -0.1) is 0 Å². The Kier molecular flexibility index (Phi) is 3.73. The van der Waals surface area contributed by atoms with Crippen LogP contribution in [0.15, 0.2) is 22.7 Å². The number of Topliss-reactive ketones (excluding diaryl/α,β-unsaturated/α-hetero) is 1. The minimum Gasteiger partial charge on any atom is -0.485 e. The summed E-state index contributed by atoms with van der Waals surface area (Å²) in [6.45, 7) is 4.26. The molecule has 0 spiro atoms. The van der Waals surface area contributed by atoms with E-state index in [1.165, 1.54) is 0 Å². The van der Waals surface area contributed by atoms with Crippen LogP contribution in [0.25, 0.3) is 0 Å². The second kappa shape index (κ2) is 5.68. The van der Waals surface area contributed by atoms with E-state index in [1.807, 2.05) is 32.0 Å². The van der Waals surface area contributed by atoms with Crippen LogP contribution in [-0.4, -0.2) is 15.9 Å². The Bertz CT molecular complexity index is 661. The molecule has 1 aromatic carbocycles. The second-order valence-corrected chi connectivity index (χ2v) is 5.59. The van der Waals surface area contributed by atoms with E-state index in [0.717, 1.165) is 29.7 Å². The summed E-state index contributed by atoms with van der Waals surface area (Å²) in [6, 6.07) is 5.61. The minimum absolute atomic E-state index is 0.209. The van der Waals surface area contributed by atoms with Crippen LogP contribution in [0, 0.1) is 0 Å². The largest absolute Gasteiger partial charge is 0.485 e. The van der Waals surface area contributed by atoms with Crippen molar-refractivity contribution in [3.05, 3.63) is 41.0 Å².